The summed E-state index contributed by atoms with van der Waals surface area (Å²) in [5.74, 6) is -0.110. The Bertz CT molecular complexity index is 413. The normalized spacial score (nSPS) is 10.5. The maximum Gasteiger partial charge on any atom is 0.251 e. The Balaban J connectivity index is 2.73. The van der Waals surface area contributed by atoms with Crippen LogP contribution in [0.2, 0.25) is 0 Å². The quantitative estimate of drug-likeness (QED) is 0.414. The first kappa shape index (κ1) is 13.1. The molecule has 0 unspecified atom stereocenters. The predicted octanol–water partition coefficient (Wildman–Crippen LogP) is 2.01. The fraction of sp³-hybridized carbons (Fsp3) is 0.308. The second-order valence-electron chi connectivity index (χ2n) is 3.67. The van der Waals surface area contributed by atoms with Crippen LogP contribution in [-0.4, -0.2) is 19.5 Å². The van der Waals surface area contributed by atoms with Crippen LogP contribution in [-0.2, 0) is 0 Å². The number of hydrogen-bond donors (Lipinski definition) is 3. The number of nitrogen functional groups attached to an aromatic ring is 1. The molecule has 1 aromatic rings. The summed E-state index contributed by atoms with van der Waals surface area (Å²) in [6.07, 6.45) is 5.01. The lowest BCUT2D eigenvalue weighted by atomic mass is 10.1. The van der Waals surface area contributed by atoms with Crippen LogP contribution in [0.1, 0.15) is 23.7 Å². The van der Waals surface area contributed by atoms with E-state index in [1.807, 2.05) is 13.0 Å². The summed E-state index contributed by atoms with van der Waals surface area (Å²) >= 11 is 0. The van der Waals surface area contributed by atoms with Crippen LogP contribution in [0.15, 0.2) is 30.4 Å². The van der Waals surface area contributed by atoms with Gasteiger partial charge in [-0.2, -0.15) is 0 Å². The molecule has 0 spiro atoms. The summed E-state index contributed by atoms with van der Waals surface area (Å²) in [6.45, 7) is 2.78. The monoisotopic (exact) mass is 233 g/mol. The van der Waals surface area contributed by atoms with E-state index in [9.17, 15) is 4.79 Å². The smallest absolute Gasteiger partial charge is 0.251 e. The first-order valence-corrected chi connectivity index (χ1v) is 5.65. The number of hydrogen-bond acceptors (Lipinski definition) is 3. The third-order valence-corrected chi connectivity index (χ3v) is 2.40. The molecule has 0 saturated heterocycles. The number of benzene rings is 1. The topological polar surface area (TPSA) is 67.2 Å². The molecule has 0 aliphatic rings. The van der Waals surface area contributed by atoms with E-state index in [1.165, 1.54) is 0 Å². The summed E-state index contributed by atoms with van der Waals surface area (Å²) in [5, 5.41) is 5.80. The molecule has 4 heteroatoms. The van der Waals surface area contributed by atoms with Gasteiger partial charge in [0.1, 0.15) is 0 Å². The maximum atomic E-state index is 11.5. The van der Waals surface area contributed by atoms with E-state index in [2.05, 4.69) is 16.7 Å². The molecule has 0 heterocycles. The van der Waals surface area contributed by atoms with Gasteiger partial charge in [0.25, 0.3) is 5.91 Å². The lowest BCUT2D eigenvalue weighted by Crippen LogP contribution is -2.18. The maximum absolute atomic E-state index is 11.5. The fourth-order valence-corrected chi connectivity index (χ4v) is 1.45. The van der Waals surface area contributed by atoms with Gasteiger partial charge in [-0.15, -0.1) is 0 Å². The van der Waals surface area contributed by atoms with Gasteiger partial charge in [-0.3, -0.25) is 4.79 Å². The molecular formula is C13H19N3O. The zero-order valence-corrected chi connectivity index (χ0v) is 10.3. The van der Waals surface area contributed by atoms with Crippen molar-refractivity contribution in [3.63, 3.8) is 0 Å². The van der Waals surface area contributed by atoms with Crippen molar-refractivity contribution in [3.05, 3.63) is 35.9 Å². The van der Waals surface area contributed by atoms with E-state index < -0.39 is 0 Å². The van der Waals surface area contributed by atoms with Crippen molar-refractivity contribution < 1.29 is 4.79 Å². The van der Waals surface area contributed by atoms with Crippen LogP contribution in [0.25, 0.3) is 0 Å². The van der Waals surface area contributed by atoms with Crippen LogP contribution in [0.3, 0.4) is 0 Å². The zero-order chi connectivity index (χ0) is 12.7. The minimum atomic E-state index is -0.110. The molecule has 0 radical (unpaired) electrons. The van der Waals surface area contributed by atoms with E-state index in [0.29, 0.717) is 11.3 Å². The number of nitrogens with one attached hydrogen (secondary N) is 2. The molecule has 0 atom stereocenters. The van der Waals surface area contributed by atoms with Gasteiger partial charge in [0, 0.05) is 19.2 Å². The summed E-state index contributed by atoms with van der Waals surface area (Å²) in [6, 6.07) is 5.22. The fourth-order valence-electron chi connectivity index (χ4n) is 1.45. The molecule has 0 saturated carbocycles. The summed E-state index contributed by atoms with van der Waals surface area (Å²) in [7, 11) is 1.61. The van der Waals surface area contributed by atoms with Crippen LogP contribution < -0.4 is 16.4 Å². The van der Waals surface area contributed by atoms with Gasteiger partial charge < -0.3 is 16.4 Å². The predicted molar refractivity (Wildman–Crippen MR) is 72.2 cm³/mol. The first-order valence-electron chi connectivity index (χ1n) is 5.65. The molecule has 0 aliphatic heterocycles. The molecule has 4 N–H and O–H groups in total. The van der Waals surface area contributed by atoms with Gasteiger partial charge in [0.15, 0.2) is 0 Å². The van der Waals surface area contributed by atoms with Crippen molar-refractivity contribution in [1.82, 2.24) is 5.32 Å². The molecule has 0 aromatic heterocycles. The van der Waals surface area contributed by atoms with Gasteiger partial charge in [-0.1, -0.05) is 12.2 Å². The number of carbonyl (C=O) groups excluding carboxylic acids is 1. The molecule has 4 nitrogen and oxygen atoms in total. The molecule has 1 rings (SSSR count). The number of amides is 1. The third-order valence-electron chi connectivity index (χ3n) is 2.40. The standard InChI is InChI=1S/C13H19N3O/c1-3-4-5-8-16-12-9-10(13(17)15-2)6-7-11(12)14/h3-4,6-7,9,16H,5,8,14H2,1-2H3,(H,15,17)/b4-3+. The summed E-state index contributed by atoms with van der Waals surface area (Å²) in [4.78, 5) is 11.5. The SMILES string of the molecule is C/C=C/CCNc1cc(C(=O)NC)ccc1N. The van der Waals surface area contributed by atoms with E-state index in [1.54, 1.807) is 25.2 Å². The Labute approximate surface area is 102 Å². The van der Waals surface area contributed by atoms with Gasteiger partial charge in [-0.25, -0.2) is 0 Å². The van der Waals surface area contributed by atoms with Gasteiger partial charge in [-0.05, 0) is 31.5 Å². The molecule has 92 valence electrons. The Kier molecular flexibility index (Phi) is 5.07. The highest BCUT2D eigenvalue weighted by Gasteiger charge is 2.05. The lowest BCUT2D eigenvalue weighted by molar-refractivity contribution is 0.0963. The third kappa shape index (κ3) is 3.83. The molecule has 17 heavy (non-hydrogen) atoms. The Hall–Kier alpha value is -1.97. The zero-order valence-electron chi connectivity index (χ0n) is 10.3. The number of nitrogens with two attached hydrogens (primary N) is 1. The minimum Gasteiger partial charge on any atom is -0.397 e. The minimum absolute atomic E-state index is 0.110. The lowest BCUT2D eigenvalue weighted by Gasteiger charge is -2.10. The Morgan fingerprint density at radius 3 is 2.88 bits per heavy atom. The average Bonchev–Trinajstić information content (AvgIpc) is 2.35. The van der Waals surface area contributed by atoms with Crippen molar-refractivity contribution in [1.29, 1.82) is 0 Å². The highest BCUT2D eigenvalue weighted by molar-refractivity contribution is 5.96. The van der Waals surface area contributed by atoms with Crippen molar-refractivity contribution >= 4 is 17.3 Å². The number of carbonyl (C=O) groups is 1. The highest BCUT2D eigenvalue weighted by atomic mass is 16.1. The van der Waals surface area contributed by atoms with E-state index in [0.717, 1.165) is 18.7 Å². The van der Waals surface area contributed by atoms with Gasteiger partial charge >= 0.3 is 0 Å². The van der Waals surface area contributed by atoms with Crippen molar-refractivity contribution in [2.45, 2.75) is 13.3 Å². The molecule has 0 fully saturated rings. The number of rotatable bonds is 5. The largest absolute Gasteiger partial charge is 0.397 e. The van der Waals surface area contributed by atoms with E-state index in [-0.39, 0.29) is 5.91 Å². The van der Waals surface area contributed by atoms with Gasteiger partial charge in [0.2, 0.25) is 0 Å². The van der Waals surface area contributed by atoms with E-state index in [4.69, 9.17) is 5.73 Å². The van der Waals surface area contributed by atoms with E-state index >= 15 is 0 Å². The van der Waals surface area contributed by atoms with Crippen LogP contribution in [0, 0.1) is 0 Å². The summed E-state index contributed by atoms with van der Waals surface area (Å²) in [5.41, 5.74) is 7.89. The number of anilines is 2. The highest BCUT2D eigenvalue weighted by Crippen LogP contribution is 2.19. The Morgan fingerprint density at radius 2 is 2.24 bits per heavy atom. The Morgan fingerprint density at radius 1 is 1.47 bits per heavy atom. The molecule has 0 aliphatic carbocycles. The van der Waals surface area contributed by atoms with Crippen molar-refractivity contribution in [2.75, 3.05) is 24.6 Å². The second-order valence-corrected chi connectivity index (χ2v) is 3.67. The number of allylic oxidation sites excluding steroid dienone is 1. The molecule has 1 aromatic carbocycles. The van der Waals surface area contributed by atoms with Gasteiger partial charge in [0.05, 0.1) is 11.4 Å². The second kappa shape index (κ2) is 6.58. The molecule has 0 bridgehead atoms. The van der Waals surface area contributed by atoms with Crippen molar-refractivity contribution in [2.24, 2.45) is 0 Å². The van der Waals surface area contributed by atoms with Crippen molar-refractivity contribution in [3.8, 4) is 0 Å². The van der Waals surface area contributed by atoms with Crippen LogP contribution >= 0.6 is 0 Å². The molecule has 1 amide bonds. The average molecular weight is 233 g/mol. The summed E-state index contributed by atoms with van der Waals surface area (Å²) < 4.78 is 0. The molecular weight excluding hydrogens is 214 g/mol. The first-order chi connectivity index (χ1) is 8.19. The van der Waals surface area contributed by atoms with Crippen LogP contribution in [0.5, 0.6) is 0 Å². The van der Waals surface area contributed by atoms with Crippen LogP contribution in [0.4, 0.5) is 11.4 Å².